The second-order valence-corrected chi connectivity index (χ2v) is 9.78. The zero-order valence-corrected chi connectivity index (χ0v) is 21.4. The summed E-state index contributed by atoms with van der Waals surface area (Å²) in [5.74, 6) is 0.853. The molecule has 4 nitrogen and oxygen atoms in total. The van der Waals surface area contributed by atoms with Gasteiger partial charge in [-0.05, 0) is 49.1 Å². The van der Waals surface area contributed by atoms with E-state index in [4.69, 9.17) is 11.6 Å². The molecule has 0 bridgehead atoms. The van der Waals surface area contributed by atoms with Crippen molar-refractivity contribution in [3.63, 3.8) is 0 Å². The van der Waals surface area contributed by atoms with E-state index < -0.39 is 6.04 Å². The van der Waals surface area contributed by atoms with E-state index in [1.165, 1.54) is 0 Å². The summed E-state index contributed by atoms with van der Waals surface area (Å²) in [6, 6.07) is 15.1. The van der Waals surface area contributed by atoms with Crippen LogP contribution in [0.4, 0.5) is 0 Å². The number of thioether (sulfide) groups is 1. The van der Waals surface area contributed by atoms with Crippen LogP contribution in [0.15, 0.2) is 53.0 Å². The van der Waals surface area contributed by atoms with Crippen molar-refractivity contribution in [1.82, 2.24) is 10.2 Å². The first-order valence-electron chi connectivity index (χ1n) is 10.5. The molecule has 0 aliphatic rings. The number of halogens is 2. The van der Waals surface area contributed by atoms with Crippen LogP contribution in [0.1, 0.15) is 44.7 Å². The molecule has 2 rings (SSSR count). The van der Waals surface area contributed by atoms with Crippen molar-refractivity contribution in [1.29, 1.82) is 0 Å². The Morgan fingerprint density at radius 3 is 2.39 bits per heavy atom. The second-order valence-electron chi connectivity index (χ2n) is 7.47. The number of hydrogen-bond donors (Lipinski definition) is 1. The van der Waals surface area contributed by atoms with Crippen LogP contribution in [-0.2, 0) is 21.9 Å². The topological polar surface area (TPSA) is 49.4 Å². The largest absolute Gasteiger partial charge is 0.352 e. The normalized spacial score (nSPS) is 12.8. The zero-order valence-electron chi connectivity index (χ0n) is 18.2. The van der Waals surface area contributed by atoms with Gasteiger partial charge in [0.1, 0.15) is 6.04 Å². The van der Waals surface area contributed by atoms with E-state index in [2.05, 4.69) is 21.2 Å². The fourth-order valence-electron chi connectivity index (χ4n) is 3.09. The van der Waals surface area contributed by atoms with Gasteiger partial charge in [0.15, 0.2) is 0 Å². The van der Waals surface area contributed by atoms with E-state index in [1.807, 2.05) is 69.3 Å². The zero-order chi connectivity index (χ0) is 22.8. The highest BCUT2D eigenvalue weighted by Gasteiger charge is 2.29. The van der Waals surface area contributed by atoms with Gasteiger partial charge in [-0.3, -0.25) is 9.59 Å². The Bertz CT molecular complexity index is 863. The van der Waals surface area contributed by atoms with Gasteiger partial charge in [0.25, 0.3) is 0 Å². The molecule has 1 N–H and O–H groups in total. The second kappa shape index (κ2) is 13.1. The number of benzene rings is 2. The Labute approximate surface area is 203 Å². The summed E-state index contributed by atoms with van der Waals surface area (Å²) >= 11 is 11.3. The molecule has 0 aromatic heterocycles. The van der Waals surface area contributed by atoms with Gasteiger partial charge in [0.2, 0.25) is 11.8 Å². The van der Waals surface area contributed by atoms with Crippen molar-refractivity contribution in [3.05, 3.63) is 69.2 Å². The van der Waals surface area contributed by atoms with Crippen LogP contribution < -0.4 is 5.32 Å². The molecule has 31 heavy (non-hydrogen) atoms. The highest BCUT2D eigenvalue weighted by atomic mass is 79.9. The molecule has 0 aliphatic heterocycles. The van der Waals surface area contributed by atoms with E-state index in [9.17, 15) is 9.59 Å². The molecule has 168 valence electrons. The lowest BCUT2D eigenvalue weighted by atomic mass is 10.1. The van der Waals surface area contributed by atoms with Crippen LogP contribution in [0.3, 0.4) is 0 Å². The molecule has 0 radical (unpaired) electrons. The van der Waals surface area contributed by atoms with E-state index in [1.54, 1.807) is 16.7 Å². The van der Waals surface area contributed by atoms with Gasteiger partial charge in [0.05, 0.1) is 5.75 Å². The van der Waals surface area contributed by atoms with Gasteiger partial charge in [-0.15, -0.1) is 11.8 Å². The van der Waals surface area contributed by atoms with Crippen LogP contribution in [0.5, 0.6) is 0 Å². The Morgan fingerprint density at radius 1 is 1.10 bits per heavy atom. The van der Waals surface area contributed by atoms with E-state index in [0.717, 1.165) is 27.8 Å². The molecule has 2 atom stereocenters. The third-order valence-corrected chi connectivity index (χ3v) is 6.98. The molecule has 7 heteroatoms. The number of rotatable bonds is 11. The van der Waals surface area contributed by atoms with E-state index in [0.29, 0.717) is 23.7 Å². The summed E-state index contributed by atoms with van der Waals surface area (Å²) in [5.41, 5.74) is 1.99. The van der Waals surface area contributed by atoms with Crippen molar-refractivity contribution >= 4 is 51.1 Å². The van der Waals surface area contributed by atoms with Gasteiger partial charge in [-0.2, -0.15) is 0 Å². The highest BCUT2D eigenvalue weighted by molar-refractivity contribution is 9.10. The van der Waals surface area contributed by atoms with Crippen LogP contribution in [0.2, 0.25) is 5.02 Å². The molecule has 2 aromatic carbocycles. The maximum Gasteiger partial charge on any atom is 0.243 e. The predicted molar refractivity (Wildman–Crippen MR) is 134 cm³/mol. The monoisotopic (exact) mass is 524 g/mol. The first-order chi connectivity index (χ1) is 14.8. The average Bonchev–Trinajstić information content (AvgIpc) is 2.76. The Kier molecular flexibility index (Phi) is 10.9. The maximum atomic E-state index is 13.2. The van der Waals surface area contributed by atoms with Gasteiger partial charge < -0.3 is 10.2 Å². The third kappa shape index (κ3) is 8.17. The average molecular weight is 526 g/mol. The van der Waals surface area contributed by atoms with Crippen molar-refractivity contribution in [2.24, 2.45) is 0 Å². The van der Waals surface area contributed by atoms with Crippen molar-refractivity contribution in [2.45, 2.75) is 58.0 Å². The fourth-order valence-corrected chi connectivity index (χ4v) is 4.42. The van der Waals surface area contributed by atoms with Gasteiger partial charge in [-0.1, -0.05) is 71.7 Å². The van der Waals surface area contributed by atoms with Crippen molar-refractivity contribution in [2.75, 3.05) is 5.75 Å². The minimum atomic E-state index is -0.536. The summed E-state index contributed by atoms with van der Waals surface area (Å²) < 4.78 is 1.03. The maximum absolute atomic E-state index is 13.2. The van der Waals surface area contributed by atoms with Gasteiger partial charge >= 0.3 is 0 Å². The highest BCUT2D eigenvalue weighted by Crippen LogP contribution is 2.22. The Hall–Kier alpha value is -1.50. The molecular weight excluding hydrogens is 496 g/mol. The lowest BCUT2D eigenvalue weighted by Gasteiger charge is -2.31. The minimum Gasteiger partial charge on any atom is -0.352 e. The fraction of sp³-hybridized carbons (Fsp3) is 0.417. The number of nitrogens with one attached hydrogen (secondary N) is 1. The summed E-state index contributed by atoms with van der Waals surface area (Å²) in [5, 5.41) is 3.62. The molecule has 2 aromatic rings. The van der Waals surface area contributed by atoms with E-state index >= 15 is 0 Å². The molecule has 0 spiro atoms. The lowest BCUT2D eigenvalue weighted by molar-refractivity contribution is -0.139. The van der Waals surface area contributed by atoms with Crippen LogP contribution in [0.25, 0.3) is 0 Å². The summed E-state index contributed by atoms with van der Waals surface area (Å²) in [6.07, 6.45) is 1.37. The molecule has 0 aliphatic carbocycles. The van der Waals surface area contributed by atoms with E-state index in [-0.39, 0.29) is 17.9 Å². The van der Waals surface area contributed by atoms with Crippen LogP contribution in [0, 0.1) is 0 Å². The molecular formula is C24H30BrClN2O2S. The quantitative estimate of drug-likeness (QED) is 0.388. The summed E-state index contributed by atoms with van der Waals surface area (Å²) in [7, 11) is 0. The van der Waals surface area contributed by atoms with Crippen LogP contribution >= 0.6 is 39.3 Å². The number of carbonyl (C=O) groups is 2. The number of carbonyl (C=O) groups excluding carboxylic acids is 2. The number of hydrogen-bond acceptors (Lipinski definition) is 3. The SMILES string of the molecule is CC[C@H](C(=O)N[C@@H](C)CC)N(Cc1ccccc1Cl)C(=O)CSCc1ccc(Br)cc1. The lowest BCUT2D eigenvalue weighted by Crippen LogP contribution is -2.51. The minimum absolute atomic E-state index is 0.0607. The van der Waals surface area contributed by atoms with Crippen LogP contribution in [-0.4, -0.2) is 34.6 Å². The number of amides is 2. The molecule has 2 amide bonds. The van der Waals surface area contributed by atoms with Crippen molar-refractivity contribution < 1.29 is 9.59 Å². The first kappa shape index (κ1) is 25.8. The molecule has 0 saturated carbocycles. The first-order valence-corrected chi connectivity index (χ1v) is 12.8. The molecule has 0 unspecified atom stereocenters. The molecule has 0 fully saturated rings. The summed E-state index contributed by atoms with van der Waals surface area (Å²) in [4.78, 5) is 27.9. The van der Waals surface area contributed by atoms with Crippen molar-refractivity contribution in [3.8, 4) is 0 Å². The molecule has 0 heterocycles. The Balaban J connectivity index is 2.14. The Morgan fingerprint density at radius 2 is 1.77 bits per heavy atom. The summed E-state index contributed by atoms with van der Waals surface area (Å²) in [6.45, 7) is 6.24. The smallest absolute Gasteiger partial charge is 0.243 e. The third-order valence-electron chi connectivity index (χ3n) is 5.09. The van der Waals surface area contributed by atoms with Gasteiger partial charge in [-0.25, -0.2) is 0 Å². The predicted octanol–water partition coefficient (Wildman–Crippen LogP) is 6.06. The standard InChI is InChI=1S/C24H30BrClN2O2S/c1-4-17(3)27-24(30)22(5-2)28(14-19-8-6-7-9-21(19)26)23(29)16-31-15-18-10-12-20(25)13-11-18/h6-13,17,22H,4-5,14-16H2,1-3H3,(H,27,30)/t17-,22+/m0/s1. The number of nitrogens with zero attached hydrogens (tertiary/aromatic N) is 1. The van der Waals surface area contributed by atoms with Gasteiger partial charge in [0, 0.05) is 27.8 Å². The molecule has 0 saturated heterocycles.